The van der Waals surface area contributed by atoms with Crippen molar-refractivity contribution in [1.29, 1.82) is 0 Å². The molecule has 16 bridgehead atoms. The van der Waals surface area contributed by atoms with Gasteiger partial charge in [-0.3, -0.25) is 28.8 Å². The SMILES string of the molecule is C=C1C(=O)[C@@]23[C@@H]4OC(C)(C)O[C@]25OC[C@]2(C(=O)CCC(C)(C)[C@H]2[C@@H]5O)[C@@H]3CC[C@@H]14.C=C1C(=O)[C@@]23[C@@H]4OC(C)(C)O[C@]25OC[C@]2(C6=C(CC[C@@H](OCCCC)O6)CC(C)(C)[C@H]2[C@@H]5O)[C@@H]3CC[C@@H]14.C=C1C(=O)[C@@]23[C@@H]4OC(C)(C)O[C@]25OC[C@]2(C6=C(CC[C@H](OCCCC)O6)CC(C)(C)[C@H]2[C@@H]5O)[C@@H]3CC[C@@H]14.C=C1CC(C)(C)[C@H]2[C@H](O)[C@@]34OC[C@]2(C1=O)[C@@H]1CC[C@H]2C(=C)C(=O)[C@]13[C@@H]2OC(C)(C)O4.C=COCCCC.CNC.Cl. The van der Waals surface area contributed by atoms with Gasteiger partial charge in [0, 0.05) is 66.6 Å². The Kier molecular flexibility index (Phi) is 25.1. The quantitative estimate of drug-likeness (QED) is 0.0688. The largest absolute Gasteiger partial charge is 0.502 e. The van der Waals surface area contributed by atoms with Gasteiger partial charge < -0.3 is 106 Å². The molecule has 14 heterocycles. The molecule has 144 heavy (non-hydrogen) atoms. The summed E-state index contributed by atoms with van der Waals surface area (Å²) in [6.45, 7) is 66.0. The first kappa shape index (κ1) is 106. The van der Waals surface area contributed by atoms with Crippen molar-refractivity contribution < 1.29 is 130 Å². The molecular weight excluding hydrogens is 1860 g/mol. The molecule has 0 unspecified atom stereocenters. The maximum Gasteiger partial charge on any atom is 0.213 e. The molecule has 0 aromatic heterocycles. The lowest BCUT2D eigenvalue weighted by Crippen LogP contribution is -2.88. The first-order valence-electron chi connectivity index (χ1n) is 54.4. The topological polar surface area (TPSA) is 352 Å². The predicted molar refractivity (Wildman–Crippen MR) is 528 cm³/mol. The molecule has 29 heteroatoms. The van der Waals surface area contributed by atoms with Gasteiger partial charge in [-0.25, -0.2) is 0 Å². The van der Waals surface area contributed by atoms with Gasteiger partial charge in [-0.2, -0.15) is 0 Å². The van der Waals surface area contributed by atoms with Crippen molar-refractivity contribution in [2.24, 2.45) is 136 Å². The highest BCUT2D eigenvalue weighted by Gasteiger charge is 2.96. The van der Waals surface area contributed by atoms with Gasteiger partial charge in [0.2, 0.25) is 23.1 Å². The molecule has 0 aromatic carbocycles. The molecule has 14 aliphatic heterocycles. The summed E-state index contributed by atoms with van der Waals surface area (Å²) in [4.78, 5) is 84.0. The normalized spacial score (nSPS) is 49.1. The van der Waals surface area contributed by atoms with Crippen LogP contribution in [0.3, 0.4) is 0 Å². The van der Waals surface area contributed by atoms with Gasteiger partial charge in [0.15, 0.2) is 64.6 Å². The number of unbranched alkanes of at least 4 members (excludes halogenated alkanes) is 3. The second-order valence-corrected chi connectivity index (χ2v) is 52.4. The Balaban J connectivity index is 0.000000114. The molecular formula is C115H164ClNO27. The number of aliphatic hydroxyl groups excluding tert-OH is 4. The summed E-state index contributed by atoms with van der Waals surface area (Å²) >= 11 is 0. The minimum atomic E-state index is -1.54. The molecule has 26 fully saturated rings. The molecule has 30 rings (SSSR count). The lowest BCUT2D eigenvalue weighted by molar-refractivity contribution is -0.527. The minimum absolute atomic E-state index is 0. The second-order valence-electron chi connectivity index (χ2n) is 52.4. The first-order chi connectivity index (χ1) is 67.1. The van der Waals surface area contributed by atoms with E-state index >= 15 is 0 Å². The fraction of sp³-hybridized carbons (Fsp3) is 0.809. The molecule has 12 saturated heterocycles. The number of ketones is 6. The second kappa shape index (κ2) is 34.2. The number of carbonyl (C=O) groups excluding carboxylic acids is 6. The van der Waals surface area contributed by atoms with Gasteiger partial charge >= 0.3 is 0 Å². The third kappa shape index (κ3) is 12.8. The molecule has 5 N–H and O–H groups in total. The van der Waals surface area contributed by atoms with Crippen molar-refractivity contribution in [2.45, 2.75) is 387 Å². The third-order valence-electron chi connectivity index (χ3n) is 41.5. The number of allylic oxidation sites excluding steroid dienone is 3. The zero-order chi connectivity index (χ0) is 103. The van der Waals surface area contributed by atoms with Gasteiger partial charge in [-0.1, -0.05) is 135 Å². The van der Waals surface area contributed by atoms with Crippen molar-refractivity contribution in [1.82, 2.24) is 5.32 Å². The maximum absolute atomic E-state index is 14.4. The highest BCUT2D eigenvalue weighted by Crippen LogP contribution is 2.86. The Morgan fingerprint density at radius 1 is 0.375 bits per heavy atom. The first-order valence-corrected chi connectivity index (χ1v) is 54.4. The Morgan fingerprint density at radius 3 is 0.986 bits per heavy atom. The van der Waals surface area contributed by atoms with Gasteiger partial charge in [0.05, 0.1) is 98.6 Å². The third-order valence-corrected chi connectivity index (χ3v) is 41.5. The highest BCUT2D eigenvalue weighted by atomic mass is 35.5. The van der Waals surface area contributed by atoms with Gasteiger partial charge in [0.1, 0.15) is 63.4 Å². The van der Waals surface area contributed by atoms with Crippen molar-refractivity contribution in [3.8, 4) is 0 Å². The molecule has 30 aliphatic rings. The number of Topliss-reactive ketones (excluding diaryl/α,β-unsaturated/α-hetero) is 6. The van der Waals surface area contributed by atoms with Crippen molar-refractivity contribution >= 4 is 47.1 Å². The number of hydrogen-bond donors (Lipinski definition) is 5. The van der Waals surface area contributed by atoms with Crippen molar-refractivity contribution in [2.75, 3.05) is 60.3 Å². The fourth-order valence-electron chi connectivity index (χ4n) is 37.9. The van der Waals surface area contributed by atoms with Crippen LogP contribution in [0.15, 0.2) is 96.3 Å². The predicted octanol–water partition coefficient (Wildman–Crippen LogP) is 16.4. The van der Waals surface area contributed by atoms with Crippen LogP contribution in [0.2, 0.25) is 0 Å². The van der Waals surface area contributed by atoms with Crippen LogP contribution in [-0.4, -0.2) is 223 Å². The Morgan fingerprint density at radius 2 is 0.660 bits per heavy atom. The minimum Gasteiger partial charge on any atom is -0.502 e. The molecule has 16 aliphatic carbocycles. The van der Waals surface area contributed by atoms with E-state index in [9.17, 15) is 49.2 Å². The van der Waals surface area contributed by atoms with Crippen molar-refractivity contribution in [3.63, 3.8) is 0 Å². The number of hydrogen-bond acceptors (Lipinski definition) is 28. The lowest BCUT2D eigenvalue weighted by atomic mass is 9.35. The smallest absolute Gasteiger partial charge is 0.213 e. The molecule has 12 spiro atoms. The van der Waals surface area contributed by atoms with E-state index in [4.69, 9.17) is 80.5 Å². The van der Waals surface area contributed by atoms with Crippen molar-refractivity contribution in [3.05, 3.63) is 96.3 Å². The summed E-state index contributed by atoms with van der Waals surface area (Å²) < 4.78 is 109. The fourth-order valence-corrected chi connectivity index (χ4v) is 37.9. The van der Waals surface area contributed by atoms with E-state index in [1.165, 1.54) is 23.8 Å². The van der Waals surface area contributed by atoms with Gasteiger partial charge in [-0.15, -0.1) is 12.4 Å². The zero-order valence-corrected chi connectivity index (χ0v) is 90.1. The summed E-state index contributed by atoms with van der Waals surface area (Å²) in [5, 5.41) is 51.5. The number of fused-ring (bicyclic) bond motifs is 4. The van der Waals surface area contributed by atoms with E-state index in [0.717, 1.165) is 140 Å². The number of aliphatic hydroxyl groups is 4. The number of nitrogens with one attached hydrogen (secondary N) is 1. The highest BCUT2D eigenvalue weighted by molar-refractivity contribution is 6.10. The Bertz CT molecular complexity index is 5280. The number of carbonyl (C=O) groups is 6. The van der Waals surface area contributed by atoms with E-state index in [2.05, 4.69) is 121 Å². The van der Waals surface area contributed by atoms with Crippen LogP contribution in [0.5, 0.6) is 0 Å². The summed E-state index contributed by atoms with van der Waals surface area (Å²) in [7, 11) is 3.75. The van der Waals surface area contributed by atoms with Crippen LogP contribution in [0.4, 0.5) is 0 Å². The number of ether oxygens (including phenoxy) is 17. The van der Waals surface area contributed by atoms with Crippen LogP contribution >= 0.6 is 12.4 Å². The zero-order valence-electron chi connectivity index (χ0n) is 89.3. The van der Waals surface area contributed by atoms with Crippen LogP contribution in [0, 0.1) is 136 Å². The van der Waals surface area contributed by atoms with Gasteiger partial charge in [0.25, 0.3) is 0 Å². The Hall–Kier alpha value is -5.13. The van der Waals surface area contributed by atoms with E-state index < -0.39 is 138 Å². The number of rotatable bonds is 12. The average Bonchev–Trinajstić information content (AvgIpc) is 1.27. The number of halogens is 1. The van der Waals surface area contributed by atoms with Crippen LogP contribution in [0.1, 0.15) is 279 Å². The molecule has 0 aromatic rings. The van der Waals surface area contributed by atoms with Crippen LogP contribution in [-0.2, 0) is 109 Å². The van der Waals surface area contributed by atoms with Gasteiger partial charge in [-0.05, 0) is 263 Å². The summed E-state index contributed by atoms with van der Waals surface area (Å²) in [6.07, 6.45) is 14.3. The standard InChI is InChI=1S/2C30H42O7.C24H30O6.C23H30O6.C6H12O.C2H7N.ClH/c2*1-7-8-13-33-20-12-9-17-14-26(3,4)21-23(32)30-29-19(28(21,15-34-30)24(17)35-20)11-10-18(16(2)22(29)31)25(29)36-27(5,6)37-30;1-11-9-20(3,4)15-18(27)24-23-14(22(15,10-28-24)16(11)25)8-7-13(12(2)17(23)26)19(23)29-21(5,6)30-24;1-11-12-6-7-13-21-10-27-23(17(26)15(21)19(2,3)9-8-14(21)24)22(13,16(11)25)18(12)28-20(4,5)29-23;1-3-5-6-7-4-2;1-3-2;/h2*18-21,23,25,32H,2,7-15H2,1,3-6H3;13-15,18-19,27H,1-2,7-10H2,3-6H3;12-13,15,17-18,26H,1,6-10H2,2-5H3;4H,2-3,5-6H2,1H3;3H,1-2H3;1H/t18-,19-,20+,21+,23-,25+,28-,29-,30-;18-,19-,20-,21+,23-,25+,28-,29-,30-;13-,14-,15+,18-,19+,22-,23-,24-;12-,13-,15+,17-,18+,21+,22-,23-;;;/m0000.../s1. The summed E-state index contributed by atoms with van der Waals surface area (Å²) in [5.74, 6) is -10.9. The van der Waals surface area contributed by atoms with E-state index in [0.29, 0.717) is 73.6 Å². The average molecular weight is 2030 g/mol. The monoisotopic (exact) mass is 2030 g/mol. The van der Waals surface area contributed by atoms with E-state index in [-0.39, 0.29) is 166 Å². The van der Waals surface area contributed by atoms with E-state index in [1.807, 2.05) is 55.6 Å². The molecule has 0 radical (unpaired) electrons. The maximum atomic E-state index is 14.4. The summed E-state index contributed by atoms with van der Waals surface area (Å²) in [6, 6.07) is 0. The molecule has 28 nitrogen and oxygen atoms in total. The molecule has 798 valence electrons. The van der Waals surface area contributed by atoms with E-state index in [1.54, 1.807) is 13.8 Å². The lowest BCUT2D eigenvalue weighted by Gasteiger charge is -2.77. The summed E-state index contributed by atoms with van der Waals surface area (Å²) in [5.41, 5.74) is -3.62. The molecule has 34 atom stereocenters. The van der Waals surface area contributed by atoms with Crippen LogP contribution < -0.4 is 5.32 Å². The molecule has 0 amide bonds. The molecule has 14 saturated carbocycles. The van der Waals surface area contributed by atoms with Crippen LogP contribution in [0.25, 0.3) is 0 Å². The Labute approximate surface area is 856 Å².